The zero-order chi connectivity index (χ0) is 20.1. The molecular formula is C21H25FN2O3S. The Hall–Kier alpha value is -2.25. The fourth-order valence-corrected chi connectivity index (χ4v) is 4.74. The van der Waals surface area contributed by atoms with Crippen LogP contribution >= 0.6 is 0 Å². The first-order chi connectivity index (χ1) is 13.3. The van der Waals surface area contributed by atoms with Gasteiger partial charge < -0.3 is 4.90 Å². The summed E-state index contributed by atoms with van der Waals surface area (Å²) >= 11 is 0. The Kier molecular flexibility index (Phi) is 6.46. The number of hydrogen-bond acceptors (Lipinski definition) is 3. The molecule has 2 aromatic carbocycles. The molecule has 0 aliphatic carbocycles. The van der Waals surface area contributed by atoms with Crippen LogP contribution in [0.5, 0.6) is 0 Å². The van der Waals surface area contributed by atoms with Crippen LogP contribution in [0.15, 0.2) is 59.5 Å². The summed E-state index contributed by atoms with van der Waals surface area (Å²) in [4.78, 5) is 14.3. The van der Waals surface area contributed by atoms with E-state index in [1.807, 2.05) is 18.2 Å². The van der Waals surface area contributed by atoms with Gasteiger partial charge in [-0.3, -0.25) is 4.79 Å². The van der Waals surface area contributed by atoms with Crippen LogP contribution < -0.4 is 4.72 Å². The van der Waals surface area contributed by atoms with E-state index in [0.29, 0.717) is 19.0 Å². The lowest BCUT2D eigenvalue weighted by Crippen LogP contribution is -2.49. The first kappa shape index (κ1) is 20.5. The highest BCUT2D eigenvalue weighted by Gasteiger charge is 2.29. The molecule has 5 nitrogen and oxygen atoms in total. The molecule has 0 bridgehead atoms. The molecule has 2 aromatic rings. The zero-order valence-corrected chi connectivity index (χ0v) is 16.7. The maximum absolute atomic E-state index is 13.0. The van der Waals surface area contributed by atoms with Crippen molar-refractivity contribution < 1.29 is 17.6 Å². The highest BCUT2D eigenvalue weighted by atomic mass is 32.2. The molecule has 1 fully saturated rings. The third-order valence-corrected chi connectivity index (χ3v) is 6.68. The van der Waals surface area contributed by atoms with Crippen LogP contribution in [0, 0.1) is 11.7 Å². The third-order valence-electron chi connectivity index (χ3n) is 5.12. The first-order valence-corrected chi connectivity index (χ1v) is 10.9. The molecule has 0 unspecified atom stereocenters. The van der Waals surface area contributed by atoms with Gasteiger partial charge in [-0.05, 0) is 61.9 Å². The molecule has 1 heterocycles. The number of halogens is 1. The van der Waals surface area contributed by atoms with Gasteiger partial charge in [0.2, 0.25) is 15.9 Å². The Morgan fingerprint density at radius 2 is 1.71 bits per heavy atom. The van der Waals surface area contributed by atoms with Crippen molar-refractivity contribution in [3.63, 3.8) is 0 Å². The van der Waals surface area contributed by atoms with Gasteiger partial charge >= 0.3 is 0 Å². The second-order valence-corrected chi connectivity index (χ2v) is 8.97. The molecule has 1 atom stereocenters. The number of benzene rings is 2. The number of nitrogens with zero attached hydrogens (tertiary/aromatic N) is 1. The average Bonchev–Trinajstić information content (AvgIpc) is 2.69. The fourth-order valence-electron chi connectivity index (χ4n) is 3.54. The minimum atomic E-state index is -3.88. The molecule has 0 saturated carbocycles. The van der Waals surface area contributed by atoms with Crippen molar-refractivity contribution in [1.82, 2.24) is 9.62 Å². The Morgan fingerprint density at radius 1 is 1.11 bits per heavy atom. The quantitative estimate of drug-likeness (QED) is 0.805. The van der Waals surface area contributed by atoms with E-state index >= 15 is 0 Å². The highest BCUT2D eigenvalue weighted by Crippen LogP contribution is 2.22. The van der Waals surface area contributed by atoms with Gasteiger partial charge in [-0.2, -0.15) is 4.72 Å². The first-order valence-electron chi connectivity index (χ1n) is 9.46. The smallest absolute Gasteiger partial charge is 0.241 e. The lowest BCUT2D eigenvalue weighted by atomic mass is 9.90. The molecule has 7 heteroatoms. The van der Waals surface area contributed by atoms with E-state index in [1.165, 1.54) is 17.7 Å². The minimum Gasteiger partial charge on any atom is -0.341 e. The maximum atomic E-state index is 13.0. The van der Waals surface area contributed by atoms with E-state index in [4.69, 9.17) is 0 Å². The molecule has 0 spiro atoms. The predicted octanol–water partition coefficient (Wildman–Crippen LogP) is 2.97. The maximum Gasteiger partial charge on any atom is 0.241 e. The van der Waals surface area contributed by atoms with Crippen LogP contribution in [0.1, 0.15) is 25.3 Å². The number of hydrogen-bond donors (Lipinski definition) is 1. The molecule has 28 heavy (non-hydrogen) atoms. The van der Waals surface area contributed by atoms with Crippen LogP contribution in [-0.4, -0.2) is 38.4 Å². The molecule has 1 saturated heterocycles. The number of piperidine rings is 1. The number of rotatable bonds is 6. The standard InChI is InChI=1S/C21H25FN2O3S/c1-16(23-28(26,27)20-9-7-19(22)8-10-20)21(25)24-13-11-18(12-14-24)15-17-5-3-2-4-6-17/h2-10,16,18,23H,11-15H2,1H3/t16-/m0/s1. The van der Waals surface area contributed by atoms with Crippen LogP contribution in [-0.2, 0) is 21.2 Å². The molecule has 0 radical (unpaired) electrons. The Bertz CT molecular complexity index is 893. The van der Waals surface area contributed by atoms with E-state index in [-0.39, 0.29) is 10.8 Å². The summed E-state index contributed by atoms with van der Waals surface area (Å²) in [6, 6.07) is 13.9. The van der Waals surface area contributed by atoms with Gasteiger partial charge in [0.05, 0.1) is 10.9 Å². The molecular weight excluding hydrogens is 379 g/mol. The highest BCUT2D eigenvalue weighted by molar-refractivity contribution is 7.89. The van der Waals surface area contributed by atoms with E-state index in [0.717, 1.165) is 31.4 Å². The summed E-state index contributed by atoms with van der Waals surface area (Å²) in [7, 11) is -3.88. The Morgan fingerprint density at radius 3 is 2.32 bits per heavy atom. The zero-order valence-electron chi connectivity index (χ0n) is 15.8. The van der Waals surface area contributed by atoms with Crippen LogP contribution in [0.3, 0.4) is 0 Å². The van der Waals surface area contributed by atoms with Crippen molar-refractivity contribution in [3.8, 4) is 0 Å². The lowest BCUT2D eigenvalue weighted by Gasteiger charge is -2.33. The predicted molar refractivity (Wildman–Crippen MR) is 106 cm³/mol. The van der Waals surface area contributed by atoms with Gasteiger partial charge in [0.25, 0.3) is 0 Å². The molecule has 3 rings (SSSR count). The third kappa shape index (κ3) is 5.17. The number of carbonyl (C=O) groups is 1. The summed E-state index contributed by atoms with van der Waals surface area (Å²) in [6.07, 6.45) is 2.80. The van der Waals surface area contributed by atoms with Crippen molar-refractivity contribution in [2.45, 2.75) is 37.1 Å². The SMILES string of the molecule is C[C@H](NS(=O)(=O)c1ccc(F)cc1)C(=O)N1CCC(Cc2ccccc2)CC1. The van der Waals surface area contributed by atoms with Crippen LogP contribution in [0.25, 0.3) is 0 Å². The number of amides is 1. The van der Waals surface area contributed by atoms with E-state index in [2.05, 4.69) is 16.9 Å². The number of nitrogens with one attached hydrogen (secondary N) is 1. The number of carbonyl (C=O) groups excluding carboxylic acids is 1. The summed E-state index contributed by atoms with van der Waals surface area (Å²) in [5.41, 5.74) is 1.30. The van der Waals surface area contributed by atoms with Gasteiger partial charge in [-0.1, -0.05) is 30.3 Å². The van der Waals surface area contributed by atoms with Crippen molar-refractivity contribution in [1.29, 1.82) is 0 Å². The van der Waals surface area contributed by atoms with Gasteiger partial charge in [0.1, 0.15) is 5.82 Å². The van der Waals surface area contributed by atoms with Gasteiger partial charge in [-0.15, -0.1) is 0 Å². The number of sulfonamides is 1. The minimum absolute atomic E-state index is 0.0601. The fraction of sp³-hybridized carbons (Fsp3) is 0.381. The largest absolute Gasteiger partial charge is 0.341 e. The van der Waals surface area contributed by atoms with Crippen molar-refractivity contribution in [3.05, 3.63) is 66.0 Å². The Balaban J connectivity index is 1.53. The monoisotopic (exact) mass is 404 g/mol. The second-order valence-electron chi connectivity index (χ2n) is 7.26. The van der Waals surface area contributed by atoms with E-state index in [9.17, 15) is 17.6 Å². The lowest BCUT2D eigenvalue weighted by molar-refractivity contribution is -0.133. The van der Waals surface area contributed by atoms with Crippen molar-refractivity contribution >= 4 is 15.9 Å². The van der Waals surface area contributed by atoms with Gasteiger partial charge in [-0.25, -0.2) is 12.8 Å². The molecule has 150 valence electrons. The van der Waals surface area contributed by atoms with E-state index < -0.39 is 21.9 Å². The Labute approximate surface area is 165 Å². The molecule has 1 aliphatic rings. The summed E-state index contributed by atoms with van der Waals surface area (Å²) in [5.74, 6) is -0.219. The number of likely N-dealkylation sites (tertiary alicyclic amines) is 1. The molecule has 1 amide bonds. The van der Waals surface area contributed by atoms with Gasteiger partial charge in [0.15, 0.2) is 0 Å². The van der Waals surface area contributed by atoms with Crippen molar-refractivity contribution in [2.24, 2.45) is 5.92 Å². The average molecular weight is 405 g/mol. The topological polar surface area (TPSA) is 66.5 Å². The molecule has 1 N–H and O–H groups in total. The summed E-state index contributed by atoms with van der Waals surface area (Å²) in [5, 5.41) is 0. The second kappa shape index (κ2) is 8.84. The van der Waals surface area contributed by atoms with Gasteiger partial charge in [0, 0.05) is 13.1 Å². The molecule has 0 aromatic heterocycles. The van der Waals surface area contributed by atoms with E-state index in [1.54, 1.807) is 11.8 Å². The summed E-state index contributed by atoms with van der Waals surface area (Å²) in [6.45, 7) is 2.79. The normalized spacial score (nSPS) is 16.7. The van der Waals surface area contributed by atoms with Crippen LogP contribution in [0.4, 0.5) is 4.39 Å². The molecule has 1 aliphatic heterocycles. The summed E-state index contributed by atoms with van der Waals surface area (Å²) < 4.78 is 40.2. The van der Waals surface area contributed by atoms with Crippen molar-refractivity contribution in [2.75, 3.05) is 13.1 Å². The van der Waals surface area contributed by atoms with Crippen LogP contribution in [0.2, 0.25) is 0 Å².